The van der Waals surface area contributed by atoms with E-state index >= 15 is 0 Å². The lowest BCUT2D eigenvalue weighted by Crippen LogP contribution is -2.15. The Morgan fingerprint density at radius 2 is 1.96 bits per heavy atom. The first kappa shape index (κ1) is 16.5. The van der Waals surface area contributed by atoms with E-state index in [1.54, 1.807) is 0 Å². The molecule has 0 saturated heterocycles. The number of rotatable bonds is 4. The number of carbonyl (C=O) groups excluding carboxylic acids is 1. The van der Waals surface area contributed by atoms with Crippen LogP contribution in [-0.2, 0) is 11.2 Å². The van der Waals surface area contributed by atoms with Crippen molar-refractivity contribution >= 4 is 28.5 Å². The van der Waals surface area contributed by atoms with E-state index in [4.69, 9.17) is 9.63 Å². The van der Waals surface area contributed by atoms with Crippen LogP contribution in [0.5, 0.6) is 5.75 Å². The number of aromatic nitrogens is 1. The molecule has 128 valence electrons. The number of aromatic carboxylic acids is 1. The first-order chi connectivity index (χ1) is 11.8. The highest BCUT2D eigenvalue weighted by Crippen LogP contribution is 2.25. The second-order valence-corrected chi connectivity index (χ2v) is 5.85. The quantitative estimate of drug-likeness (QED) is 0.673. The molecule has 1 amide bonds. The number of carboxylic acid groups (broad SMARTS) is 1. The number of fused-ring (bicyclic) bond motifs is 1. The molecule has 0 unspecified atom stereocenters. The molecule has 0 spiro atoms. The Bertz CT molecular complexity index is 991. The number of hydrogen-bond donors (Lipinski definition) is 3. The monoisotopic (exact) mass is 340 g/mol. The summed E-state index contributed by atoms with van der Waals surface area (Å²) in [5.41, 5.74) is 3.24. The van der Waals surface area contributed by atoms with Crippen LogP contribution in [0, 0.1) is 13.8 Å². The van der Waals surface area contributed by atoms with Crippen molar-refractivity contribution in [1.82, 2.24) is 5.16 Å². The van der Waals surface area contributed by atoms with Gasteiger partial charge in [-0.2, -0.15) is 0 Å². The molecule has 0 fully saturated rings. The number of hydrogen-bond acceptors (Lipinski definition) is 5. The van der Waals surface area contributed by atoms with E-state index in [1.165, 1.54) is 18.2 Å². The van der Waals surface area contributed by atoms with Crippen LogP contribution in [0.1, 0.15) is 27.2 Å². The summed E-state index contributed by atoms with van der Waals surface area (Å²) in [6.07, 6.45) is -0.00164. The summed E-state index contributed by atoms with van der Waals surface area (Å²) in [5, 5.41) is 26.0. The fraction of sp³-hybridized carbons (Fsp3) is 0.167. The molecule has 0 saturated carbocycles. The minimum Gasteiger partial charge on any atom is -0.507 e. The third kappa shape index (κ3) is 3.30. The van der Waals surface area contributed by atoms with Gasteiger partial charge in [0.25, 0.3) is 0 Å². The van der Waals surface area contributed by atoms with Gasteiger partial charge >= 0.3 is 5.97 Å². The Labute approximate surface area is 142 Å². The number of nitrogens with zero attached hydrogens (tertiary/aromatic N) is 1. The Kier molecular flexibility index (Phi) is 4.14. The molecule has 0 aliphatic heterocycles. The molecule has 2 aromatic carbocycles. The van der Waals surface area contributed by atoms with Crippen LogP contribution in [0.2, 0.25) is 0 Å². The summed E-state index contributed by atoms with van der Waals surface area (Å²) in [6.45, 7) is 3.88. The molecule has 0 atom stereocenters. The normalized spacial score (nSPS) is 10.8. The van der Waals surface area contributed by atoms with Crippen molar-refractivity contribution in [3.63, 3.8) is 0 Å². The molecule has 3 rings (SSSR count). The summed E-state index contributed by atoms with van der Waals surface area (Å²) in [6, 6.07) is 7.68. The van der Waals surface area contributed by atoms with Crippen molar-refractivity contribution in [1.29, 1.82) is 0 Å². The van der Waals surface area contributed by atoms with Gasteiger partial charge in [-0.25, -0.2) is 4.79 Å². The number of benzene rings is 2. The van der Waals surface area contributed by atoms with E-state index in [-0.39, 0.29) is 17.9 Å². The maximum absolute atomic E-state index is 12.2. The number of nitrogens with one attached hydrogen (secondary N) is 1. The Morgan fingerprint density at radius 3 is 2.64 bits per heavy atom. The summed E-state index contributed by atoms with van der Waals surface area (Å²) in [7, 11) is 0. The molecular formula is C18H16N2O5. The summed E-state index contributed by atoms with van der Waals surface area (Å²) in [5.74, 6) is -2.00. The average Bonchev–Trinajstić information content (AvgIpc) is 2.89. The highest BCUT2D eigenvalue weighted by atomic mass is 16.5. The SMILES string of the molecule is Cc1cc(C)c2c(CC(=O)Nc3ccc(C(=O)O)c(O)c3)noc2c1. The van der Waals surface area contributed by atoms with Crippen LogP contribution in [0.15, 0.2) is 34.9 Å². The minimum absolute atomic E-state index is 0.00164. The van der Waals surface area contributed by atoms with Crippen molar-refractivity contribution in [2.45, 2.75) is 20.3 Å². The maximum atomic E-state index is 12.2. The van der Waals surface area contributed by atoms with Crippen LogP contribution < -0.4 is 5.32 Å². The highest BCUT2D eigenvalue weighted by molar-refractivity contribution is 5.97. The highest BCUT2D eigenvalue weighted by Gasteiger charge is 2.16. The van der Waals surface area contributed by atoms with Crippen molar-refractivity contribution in [3.8, 4) is 5.75 Å². The van der Waals surface area contributed by atoms with Gasteiger partial charge in [-0.3, -0.25) is 4.79 Å². The number of anilines is 1. The van der Waals surface area contributed by atoms with E-state index in [2.05, 4.69) is 10.5 Å². The van der Waals surface area contributed by atoms with Crippen molar-refractivity contribution < 1.29 is 24.3 Å². The molecule has 0 radical (unpaired) electrons. The van der Waals surface area contributed by atoms with Crippen LogP contribution in [0.25, 0.3) is 11.0 Å². The molecule has 3 aromatic rings. The van der Waals surface area contributed by atoms with Gasteiger partial charge in [-0.15, -0.1) is 0 Å². The lowest BCUT2D eigenvalue weighted by atomic mass is 10.0. The van der Waals surface area contributed by atoms with Crippen molar-refractivity contribution in [2.75, 3.05) is 5.32 Å². The Hall–Kier alpha value is -3.35. The molecule has 25 heavy (non-hydrogen) atoms. The van der Waals surface area contributed by atoms with Gasteiger partial charge in [0, 0.05) is 17.1 Å². The smallest absolute Gasteiger partial charge is 0.339 e. The number of phenols is 1. The predicted molar refractivity (Wildman–Crippen MR) is 90.9 cm³/mol. The molecule has 0 aliphatic carbocycles. The minimum atomic E-state index is -1.24. The first-order valence-electron chi connectivity index (χ1n) is 7.57. The predicted octanol–water partition coefficient (Wildman–Crippen LogP) is 3.03. The van der Waals surface area contributed by atoms with E-state index in [0.717, 1.165) is 16.5 Å². The average molecular weight is 340 g/mol. The van der Waals surface area contributed by atoms with Gasteiger partial charge < -0.3 is 20.1 Å². The van der Waals surface area contributed by atoms with Gasteiger partial charge in [-0.05, 0) is 43.2 Å². The van der Waals surface area contributed by atoms with Crippen LogP contribution in [0.4, 0.5) is 5.69 Å². The van der Waals surface area contributed by atoms with E-state index < -0.39 is 11.7 Å². The topological polar surface area (TPSA) is 113 Å². The molecule has 0 aliphatic rings. The van der Waals surface area contributed by atoms with Crippen molar-refractivity contribution in [2.24, 2.45) is 0 Å². The van der Waals surface area contributed by atoms with Gasteiger partial charge in [0.2, 0.25) is 5.91 Å². The van der Waals surface area contributed by atoms with E-state index in [0.29, 0.717) is 17.0 Å². The van der Waals surface area contributed by atoms with Crippen LogP contribution >= 0.6 is 0 Å². The van der Waals surface area contributed by atoms with Crippen molar-refractivity contribution in [3.05, 3.63) is 52.7 Å². The molecular weight excluding hydrogens is 324 g/mol. The second kappa shape index (κ2) is 6.27. The van der Waals surface area contributed by atoms with Gasteiger partial charge in [0.15, 0.2) is 5.58 Å². The van der Waals surface area contributed by atoms with Crippen LogP contribution in [-0.4, -0.2) is 27.2 Å². The lowest BCUT2D eigenvalue weighted by Gasteiger charge is -2.06. The molecule has 3 N–H and O–H groups in total. The molecule has 1 heterocycles. The summed E-state index contributed by atoms with van der Waals surface area (Å²) < 4.78 is 5.29. The third-order valence-electron chi connectivity index (χ3n) is 3.83. The zero-order valence-corrected chi connectivity index (χ0v) is 13.7. The maximum Gasteiger partial charge on any atom is 0.339 e. The second-order valence-electron chi connectivity index (χ2n) is 5.85. The zero-order chi connectivity index (χ0) is 18.1. The number of carboxylic acids is 1. The number of amides is 1. The number of aryl methyl sites for hydroxylation is 2. The summed E-state index contributed by atoms with van der Waals surface area (Å²) >= 11 is 0. The van der Waals surface area contributed by atoms with E-state index in [9.17, 15) is 14.7 Å². The number of carbonyl (C=O) groups is 2. The molecule has 7 heteroatoms. The fourth-order valence-corrected chi connectivity index (χ4v) is 2.79. The zero-order valence-electron chi connectivity index (χ0n) is 13.7. The van der Waals surface area contributed by atoms with Gasteiger partial charge in [0.1, 0.15) is 17.0 Å². The van der Waals surface area contributed by atoms with E-state index in [1.807, 2.05) is 26.0 Å². The Morgan fingerprint density at radius 1 is 1.20 bits per heavy atom. The fourth-order valence-electron chi connectivity index (χ4n) is 2.79. The van der Waals surface area contributed by atoms with Gasteiger partial charge in [0.05, 0.1) is 6.42 Å². The summed E-state index contributed by atoms with van der Waals surface area (Å²) in [4.78, 5) is 23.1. The van der Waals surface area contributed by atoms with Crippen LogP contribution in [0.3, 0.4) is 0 Å². The standard InChI is InChI=1S/C18H16N2O5/c1-9-5-10(2)17-13(20-25-15(17)6-9)8-16(22)19-11-3-4-12(18(23)24)14(21)7-11/h3-7,21H,8H2,1-2H3,(H,19,22)(H,23,24). The third-order valence-corrected chi connectivity index (χ3v) is 3.83. The molecule has 0 bridgehead atoms. The lowest BCUT2D eigenvalue weighted by molar-refractivity contribution is -0.115. The molecule has 1 aromatic heterocycles. The number of aromatic hydroxyl groups is 1. The van der Waals surface area contributed by atoms with Gasteiger partial charge in [-0.1, -0.05) is 11.2 Å². The molecule has 7 nitrogen and oxygen atoms in total. The Balaban J connectivity index is 1.79. The largest absolute Gasteiger partial charge is 0.507 e. The first-order valence-corrected chi connectivity index (χ1v) is 7.57.